The first-order chi connectivity index (χ1) is 20.0. The number of hydrogen-bond donors (Lipinski definition) is 1. The number of rotatable bonds is 5. The van der Waals surface area contributed by atoms with Gasteiger partial charge in [0.2, 0.25) is 5.91 Å². The number of amides is 1. The molecule has 0 unspecified atom stereocenters. The molecule has 2 bridgehead atoms. The first kappa shape index (κ1) is 24.9. The summed E-state index contributed by atoms with van der Waals surface area (Å²) in [6.45, 7) is 8.12. The molecule has 5 aromatic rings. The lowest BCUT2D eigenvalue weighted by molar-refractivity contribution is -0.129. The van der Waals surface area contributed by atoms with Crippen molar-refractivity contribution >= 4 is 45.0 Å². The van der Waals surface area contributed by atoms with Crippen molar-refractivity contribution in [3.05, 3.63) is 79.4 Å². The molecule has 1 saturated heterocycles. The van der Waals surface area contributed by atoms with Gasteiger partial charge in [-0.3, -0.25) is 4.79 Å². The standard InChI is InChI=1S/C31H29N7O3/c1-4-30(39)38-10-9-37-15-21(38)16-40-29-14-24-23(13-27(29)37)31(33-17-32-24)35-20-5-8-28(19(2)11-20)41-22-6-7-26-25(12-22)34-18-36(26)3/h4-8,11-14,17-18,21H,1,9-10,15-16H2,2-3H3,(H,32,33,35)/t21-/m0/s1. The van der Waals surface area contributed by atoms with E-state index in [4.69, 9.17) is 9.47 Å². The first-order valence-corrected chi connectivity index (χ1v) is 13.5. The van der Waals surface area contributed by atoms with E-state index in [0.29, 0.717) is 32.1 Å². The zero-order chi connectivity index (χ0) is 28.1. The number of aromatic nitrogens is 4. The Kier molecular flexibility index (Phi) is 5.96. The minimum Gasteiger partial charge on any atom is -0.489 e. The molecule has 2 aromatic heterocycles. The van der Waals surface area contributed by atoms with Crippen molar-refractivity contribution in [1.29, 1.82) is 0 Å². The third-order valence-corrected chi connectivity index (χ3v) is 7.79. The summed E-state index contributed by atoms with van der Waals surface area (Å²) in [6.07, 6.45) is 4.72. The summed E-state index contributed by atoms with van der Waals surface area (Å²) in [6, 6.07) is 15.9. The molecular weight excluding hydrogens is 518 g/mol. The quantitative estimate of drug-likeness (QED) is 0.309. The van der Waals surface area contributed by atoms with Crippen LogP contribution in [0.5, 0.6) is 17.2 Å². The minimum atomic E-state index is -0.0623. The number of nitrogens with one attached hydrogen (secondary N) is 1. The third-order valence-electron chi connectivity index (χ3n) is 7.79. The van der Waals surface area contributed by atoms with E-state index >= 15 is 0 Å². The van der Waals surface area contributed by atoms with Crippen LogP contribution in [-0.4, -0.2) is 62.6 Å². The van der Waals surface area contributed by atoms with Gasteiger partial charge in [0, 0.05) is 49.9 Å². The molecule has 4 heterocycles. The largest absolute Gasteiger partial charge is 0.489 e. The molecule has 1 N–H and O–H groups in total. The molecule has 2 aliphatic rings. The molecule has 0 saturated carbocycles. The number of nitrogens with zero attached hydrogens (tertiary/aromatic N) is 6. The van der Waals surface area contributed by atoms with E-state index < -0.39 is 0 Å². The van der Waals surface area contributed by atoms with Gasteiger partial charge in [0.15, 0.2) is 0 Å². The molecule has 206 valence electrons. The Hall–Kier alpha value is -5.12. The molecule has 2 aliphatic heterocycles. The van der Waals surface area contributed by atoms with E-state index in [1.54, 1.807) is 12.7 Å². The number of anilines is 3. The summed E-state index contributed by atoms with van der Waals surface area (Å²) >= 11 is 0. The summed E-state index contributed by atoms with van der Waals surface area (Å²) < 4.78 is 14.4. The van der Waals surface area contributed by atoms with Crippen molar-refractivity contribution in [3.8, 4) is 17.2 Å². The van der Waals surface area contributed by atoms with Crippen molar-refractivity contribution in [1.82, 2.24) is 24.4 Å². The normalized spacial score (nSPS) is 16.2. The van der Waals surface area contributed by atoms with Crippen LogP contribution in [0.25, 0.3) is 21.9 Å². The molecular formula is C31H29N7O3. The van der Waals surface area contributed by atoms with Crippen molar-refractivity contribution in [3.63, 3.8) is 0 Å². The Balaban J connectivity index is 1.15. The summed E-state index contributed by atoms with van der Waals surface area (Å²) in [4.78, 5) is 30.0. The zero-order valence-corrected chi connectivity index (χ0v) is 22.9. The molecule has 1 amide bonds. The van der Waals surface area contributed by atoms with Gasteiger partial charge in [-0.1, -0.05) is 6.58 Å². The Morgan fingerprint density at radius 2 is 2.00 bits per heavy atom. The van der Waals surface area contributed by atoms with Gasteiger partial charge in [-0.25, -0.2) is 15.0 Å². The topological polar surface area (TPSA) is 97.6 Å². The Morgan fingerprint density at radius 3 is 2.85 bits per heavy atom. The molecule has 7 rings (SSSR count). The molecule has 41 heavy (non-hydrogen) atoms. The van der Waals surface area contributed by atoms with Crippen LogP contribution in [0.3, 0.4) is 0 Å². The number of aryl methyl sites for hydroxylation is 2. The number of imidazole rings is 1. The van der Waals surface area contributed by atoms with E-state index in [0.717, 1.165) is 56.1 Å². The zero-order valence-electron chi connectivity index (χ0n) is 22.9. The number of carbonyl (C=O) groups is 1. The summed E-state index contributed by atoms with van der Waals surface area (Å²) in [5.41, 5.74) is 5.57. The fraction of sp³-hybridized carbons (Fsp3) is 0.226. The lowest BCUT2D eigenvalue weighted by Crippen LogP contribution is -2.56. The van der Waals surface area contributed by atoms with E-state index in [1.165, 1.54) is 6.08 Å². The lowest BCUT2D eigenvalue weighted by atomic mass is 10.1. The molecule has 0 spiro atoms. The fourth-order valence-corrected chi connectivity index (χ4v) is 5.63. The van der Waals surface area contributed by atoms with Gasteiger partial charge in [0.05, 0.1) is 34.6 Å². The van der Waals surface area contributed by atoms with E-state index in [2.05, 4.69) is 37.8 Å². The Labute approximate surface area is 236 Å². The molecule has 0 radical (unpaired) electrons. The Morgan fingerprint density at radius 1 is 1.10 bits per heavy atom. The van der Waals surface area contributed by atoms with Gasteiger partial charge in [-0.15, -0.1) is 0 Å². The van der Waals surface area contributed by atoms with Crippen LogP contribution in [0.2, 0.25) is 0 Å². The Bertz CT molecular complexity index is 1830. The van der Waals surface area contributed by atoms with Crippen LogP contribution in [0.15, 0.2) is 73.8 Å². The second-order valence-corrected chi connectivity index (χ2v) is 10.4. The molecule has 1 atom stereocenters. The highest BCUT2D eigenvalue weighted by molar-refractivity contribution is 5.95. The van der Waals surface area contributed by atoms with Crippen LogP contribution < -0.4 is 19.7 Å². The second kappa shape index (κ2) is 9.81. The molecule has 10 heteroatoms. The maximum Gasteiger partial charge on any atom is 0.246 e. The maximum atomic E-state index is 12.3. The monoisotopic (exact) mass is 547 g/mol. The fourth-order valence-electron chi connectivity index (χ4n) is 5.63. The highest BCUT2D eigenvalue weighted by Gasteiger charge is 2.34. The molecule has 0 aliphatic carbocycles. The predicted molar refractivity (Wildman–Crippen MR) is 158 cm³/mol. The highest BCUT2D eigenvalue weighted by atomic mass is 16.5. The molecule has 3 aromatic carbocycles. The second-order valence-electron chi connectivity index (χ2n) is 10.4. The number of carbonyl (C=O) groups excluding carboxylic acids is 1. The van der Waals surface area contributed by atoms with Gasteiger partial charge in [0.25, 0.3) is 0 Å². The number of benzene rings is 3. The van der Waals surface area contributed by atoms with Gasteiger partial charge in [-0.05, 0) is 55.0 Å². The first-order valence-electron chi connectivity index (χ1n) is 13.5. The van der Waals surface area contributed by atoms with Crippen molar-refractivity contribution in [2.24, 2.45) is 7.05 Å². The van der Waals surface area contributed by atoms with Gasteiger partial charge >= 0.3 is 0 Å². The number of piperazine rings is 1. The van der Waals surface area contributed by atoms with Crippen molar-refractivity contribution in [2.75, 3.05) is 36.5 Å². The predicted octanol–water partition coefficient (Wildman–Crippen LogP) is 4.96. The average Bonchev–Trinajstić information content (AvgIpc) is 3.29. The number of ether oxygens (including phenoxy) is 2. The van der Waals surface area contributed by atoms with E-state index in [9.17, 15) is 4.79 Å². The number of fused-ring (bicyclic) bond motifs is 6. The summed E-state index contributed by atoms with van der Waals surface area (Å²) in [5.74, 6) is 2.91. The van der Waals surface area contributed by atoms with E-state index in [1.807, 2.05) is 65.9 Å². The van der Waals surface area contributed by atoms with Gasteiger partial charge < -0.3 is 29.2 Å². The average molecular weight is 548 g/mol. The SMILES string of the molecule is C=CC(=O)N1CCN2C[C@H]1COc1cc3ncnc(Nc4ccc(Oc5ccc6c(c5)ncn6C)c(C)c4)c3cc12. The summed E-state index contributed by atoms with van der Waals surface area (Å²) in [5, 5.41) is 4.36. The highest BCUT2D eigenvalue weighted by Crippen LogP contribution is 2.39. The van der Waals surface area contributed by atoms with Crippen LogP contribution in [0, 0.1) is 6.92 Å². The summed E-state index contributed by atoms with van der Waals surface area (Å²) in [7, 11) is 1.97. The minimum absolute atomic E-state index is 0.0389. The smallest absolute Gasteiger partial charge is 0.246 e. The third kappa shape index (κ3) is 4.47. The van der Waals surface area contributed by atoms with Crippen LogP contribution in [-0.2, 0) is 11.8 Å². The van der Waals surface area contributed by atoms with Crippen molar-refractivity contribution < 1.29 is 14.3 Å². The van der Waals surface area contributed by atoms with Crippen LogP contribution in [0.1, 0.15) is 5.56 Å². The molecule has 10 nitrogen and oxygen atoms in total. The van der Waals surface area contributed by atoms with Gasteiger partial charge in [-0.2, -0.15) is 0 Å². The van der Waals surface area contributed by atoms with E-state index in [-0.39, 0.29) is 11.9 Å². The van der Waals surface area contributed by atoms with Crippen LogP contribution in [0.4, 0.5) is 17.2 Å². The maximum absolute atomic E-state index is 12.3. The lowest BCUT2D eigenvalue weighted by Gasteiger charge is -2.39. The number of hydrogen-bond acceptors (Lipinski definition) is 8. The van der Waals surface area contributed by atoms with Gasteiger partial charge in [0.1, 0.15) is 36.0 Å². The molecule has 1 fully saturated rings. The van der Waals surface area contributed by atoms with Crippen molar-refractivity contribution in [2.45, 2.75) is 13.0 Å². The van der Waals surface area contributed by atoms with Crippen LogP contribution >= 0.6 is 0 Å².